The summed E-state index contributed by atoms with van der Waals surface area (Å²) >= 11 is 0. The van der Waals surface area contributed by atoms with Gasteiger partial charge in [-0.15, -0.1) is 0 Å². The van der Waals surface area contributed by atoms with E-state index in [1.54, 1.807) is 6.20 Å². The Morgan fingerprint density at radius 1 is 1.15 bits per heavy atom. The molecule has 5 N–H and O–H groups in total. The Morgan fingerprint density at radius 3 is 2.76 bits per heavy atom. The van der Waals surface area contributed by atoms with E-state index in [-0.39, 0.29) is 5.95 Å². The number of hydrogen-bond acceptors (Lipinski definition) is 8. The van der Waals surface area contributed by atoms with Gasteiger partial charge in [-0.3, -0.25) is 0 Å². The third-order valence-corrected chi connectivity index (χ3v) is 5.74. The number of benzene rings is 2. The van der Waals surface area contributed by atoms with Crippen molar-refractivity contribution < 1.29 is 9.53 Å². The lowest BCUT2D eigenvalue weighted by Crippen LogP contribution is -2.03. The summed E-state index contributed by atoms with van der Waals surface area (Å²) in [5, 5.41) is 4.51. The molecule has 172 valence electrons. The van der Waals surface area contributed by atoms with E-state index in [9.17, 15) is 0 Å². The van der Waals surface area contributed by atoms with Crippen LogP contribution in [0.15, 0.2) is 36.5 Å². The van der Waals surface area contributed by atoms with Gasteiger partial charge in [-0.2, -0.15) is 0 Å². The molecule has 2 aromatic heterocycles. The average Bonchev–Trinajstić information content (AvgIpc) is 3.65. The molecule has 0 saturated heterocycles. The van der Waals surface area contributed by atoms with Crippen molar-refractivity contribution in [3.05, 3.63) is 36.5 Å². The minimum absolute atomic E-state index is 0.288. The van der Waals surface area contributed by atoms with E-state index < -0.39 is 0 Å². The first-order chi connectivity index (χ1) is 16.2. The largest absolute Gasteiger partial charge is 0.491 e. The highest BCUT2D eigenvalue weighted by atomic mass is 16.5. The van der Waals surface area contributed by atoms with E-state index in [4.69, 9.17) is 20.2 Å². The van der Waals surface area contributed by atoms with Crippen LogP contribution in [0.4, 0.5) is 11.6 Å². The molecule has 2 aromatic carbocycles. The summed E-state index contributed by atoms with van der Waals surface area (Å²) in [4.78, 5) is 21.4. The SMILES string of the molecule is C=O.CN.Nc1ncc2cc(-c3nc4cc(NCC5CC5)cc5c4n3CCCO5)ccc2n1. The zero-order chi connectivity index (χ0) is 23.4. The number of nitrogens with zero attached hydrogens (tertiary/aromatic N) is 4. The second-order valence-electron chi connectivity index (χ2n) is 7.96. The van der Waals surface area contributed by atoms with Crippen molar-refractivity contribution in [3.63, 3.8) is 0 Å². The summed E-state index contributed by atoms with van der Waals surface area (Å²) in [5.41, 5.74) is 15.2. The molecule has 1 aliphatic carbocycles. The highest BCUT2D eigenvalue weighted by Gasteiger charge is 2.23. The van der Waals surface area contributed by atoms with Crippen LogP contribution in [0.3, 0.4) is 0 Å². The van der Waals surface area contributed by atoms with Gasteiger partial charge in [0.2, 0.25) is 5.95 Å². The number of hydrogen-bond donors (Lipinski definition) is 3. The molecule has 1 aliphatic heterocycles. The molecule has 0 atom stereocenters. The Hall–Kier alpha value is -3.72. The number of ether oxygens (including phenoxy) is 1. The monoisotopic (exact) mass is 447 g/mol. The van der Waals surface area contributed by atoms with Crippen molar-refractivity contribution in [3.8, 4) is 17.1 Å². The van der Waals surface area contributed by atoms with Crippen LogP contribution in [-0.2, 0) is 11.3 Å². The van der Waals surface area contributed by atoms with Crippen molar-refractivity contribution >= 4 is 40.4 Å². The standard InChI is InChI=1S/C22H22N6O.CH5N.CH2O/c23-22-25-12-15-8-14(4-5-17(15)27-22)21-26-18-9-16(24-11-13-2-3-13)10-19-20(18)28(21)6-1-7-29-19;2*1-2/h4-5,8-10,12-13,24H,1-3,6-7,11H2,(H2,23,25,27);2H2,1H3;1H2. The van der Waals surface area contributed by atoms with Gasteiger partial charge in [0, 0.05) is 42.0 Å². The summed E-state index contributed by atoms with van der Waals surface area (Å²) in [7, 11) is 1.50. The Kier molecular flexibility index (Phi) is 6.69. The maximum atomic E-state index is 8.00. The quantitative estimate of drug-likeness (QED) is 0.434. The zero-order valence-electron chi connectivity index (χ0n) is 18.8. The number of aromatic nitrogens is 4. The lowest BCUT2D eigenvalue weighted by molar-refractivity contribution is -0.0979. The normalized spacial score (nSPS) is 14.4. The average molecular weight is 448 g/mol. The number of carbonyl (C=O) groups excluding carboxylic acids is 1. The number of rotatable bonds is 4. The second-order valence-corrected chi connectivity index (χ2v) is 7.96. The number of anilines is 2. The van der Waals surface area contributed by atoms with Gasteiger partial charge in [-0.1, -0.05) is 0 Å². The van der Waals surface area contributed by atoms with E-state index in [1.807, 2.05) is 12.9 Å². The number of aryl methyl sites for hydroxylation is 1. The lowest BCUT2D eigenvalue weighted by atomic mass is 10.1. The third kappa shape index (κ3) is 4.58. The first-order valence-corrected chi connectivity index (χ1v) is 11.0. The molecule has 3 heterocycles. The van der Waals surface area contributed by atoms with Crippen LogP contribution in [0.1, 0.15) is 19.3 Å². The van der Waals surface area contributed by atoms with Gasteiger partial charge >= 0.3 is 0 Å². The number of nitrogens with one attached hydrogen (secondary N) is 1. The second kappa shape index (κ2) is 9.83. The van der Waals surface area contributed by atoms with Gasteiger partial charge in [0.05, 0.1) is 17.6 Å². The minimum Gasteiger partial charge on any atom is -0.491 e. The molecule has 1 fully saturated rings. The molecule has 33 heavy (non-hydrogen) atoms. The van der Waals surface area contributed by atoms with Gasteiger partial charge < -0.3 is 30.9 Å². The molecule has 0 unspecified atom stereocenters. The van der Waals surface area contributed by atoms with Crippen molar-refractivity contribution in [2.24, 2.45) is 11.7 Å². The van der Waals surface area contributed by atoms with Gasteiger partial charge in [-0.25, -0.2) is 15.0 Å². The van der Waals surface area contributed by atoms with Gasteiger partial charge in [-0.05, 0) is 56.5 Å². The Bertz CT molecular complexity index is 1270. The molecule has 1 saturated carbocycles. The molecule has 4 aromatic rings. The highest BCUT2D eigenvalue weighted by molar-refractivity contribution is 5.91. The summed E-state index contributed by atoms with van der Waals surface area (Å²) in [6.45, 7) is 4.61. The topological polar surface area (TPSA) is 134 Å². The van der Waals surface area contributed by atoms with Crippen LogP contribution in [0.25, 0.3) is 33.3 Å². The van der Waals surface area contributed by atoms with E-state index in [2.05, 4.69) is 49.9 Å². The van der Waals surface area contributed by atoms with Crippen LogP contribution >= 0.6 is 0 Å². The lowest BCUT2D eigenvalue weighted by Gasteiger charge is -2.10. The van der Waals surface area contributed by atoms with Crippen molar-refractivity contribution in [2.75, 3.05) is 31.2 Å². The fraction of sp³-hybridized carbons (Fsp3) is 0.333. The molecular formula is C24H29N7O2. The van der Waals surface area contributed by atoms with Crippen molar-refractivity contribution in [2.45, 2.75) is 25.8 Å². The Labute approximate surface area is 192 Å². The van der Waals surface area contributed by atoms with Gasteiger partial charge in [0.15, 0.2) is 0 Å². The van der Waals surface area contributed by atoms with Crippen LogP contribution in [0, 0.1) is 5.92 Å². The third-order valence-electron chi connectivity index (χ3n) is 5.74. The van der Waals surface area contributed by atoms with Crippen LogP contribution in [0.5, 0.6) is 5.75 Å². The number of nitrogen functional groups attached to an aromatic ring is 1. The summed E-state index contributed by atoms with van der Waals surface area (Å²) < 4.78 is 8.36. The van der Waals surface area contributed by atoms with Crippen molar-refractivity contribution in [1.29, 1.82) is 0 Å². The molecule has 2 aliphatic rings. The first kappa shape index (κ1) is 22.5. The maximum Gasteiger partial charge on any atom is 0.220 e. The van der Waals surface area contributed by atoms with E-state index in [0.29, 0.717) is 6.61 Å². The van der Waals surface area contributed by atoms with Crippen LogP contribution in [0.2, 0.25) is 0 Å². The predicted octanol–water partition coefficient (Wildman–Crippen LogP) is 3.22. The predicted molar refractivity (Wildman–Crippen MR) is 131 cm³/mol. The number of nitrogens with two attached hydrogens (primary N) is 2. The van der Waals surface area contributed by atoms with E-state index in [0.717, 1.165) is 70.2 Å². The summed E-state index contributed by atoms with van der Waals surface area (Å²) in [6.07, 6.45) is 5.37. The summed E-state index contributed by atoms with van der Waals surface area (Å²) in [6, 6.07) is 10.4. The van der Waals surface area contributed by atoms with Gasteiger partial charge in [0.1, 0.15) is 23.9 Å². The number of carbonyl (C=O) groups is 1. The fourth-order valence-electron chi connectivity index (χ4n) is 4.06. The molecule has 9 nitrogen and oxygen atoms in total. The Balaban J connectivity index is 0.000000617. The first-order valence-electron chi connectivity index (χ1n) is 11.0. The molecule has 9 heteroatoms. The van der Waals surface area contributed by atoms with Crippen LogP contribution in [-0.4, -0.2) is 46.5 Å². The number of imidazole rings is 1. The highest BCUT2D eigenvalue weighted by Crippen LogP contribution is 2.37. The molecule has 0 bridgehead atoms. The molecule has 6 rings (SSSR count). The van der Waals surface area contributed by atoms with Crippen LogP contribution < -0.4 is 21.5 Å². The van der Waals surface area contributed by atoms with E-state index in [1.165, 1.54) is 19.9 Å². The van der Waals surface area contributed by atoms with E-state index >= 15 is 0 Å². The molecule has 0 radical (unpaired) electrons. The molecule has 0 spiro atoms. The minimum atomic E-state index is 0.288. The molecular weight excluding hydrogens is 418 g/mol. The molecule has 0 amide bonds. The Morgan fingerprint density at radius 2 is 1.97 bits per heavy atom. The smallest absolute Gasteiger partial charge is 0.220 e. The van der Waals surface area contributed by atoms with Gasteiger partial charge in [0.25, 0.3) is 0 Å². The fourth-order valence-corrected chi connectivity index (χ4v) is 4.06. The zero-order valence-corrected chi connectivity index (χ0v) is 18.8. The van der Waals surface area contributed by atoms with Crippen molar-refractivity contribution in [1.82, 2.24) is 19.5 Å². The number of fused-ring (bicyclic) bond motifs is 1. The maximum absolute atomic E-state index is 8.00. The summed E-state index contributed by atoms with van der Waals surface area (Å²) in [5.74, 6) is 2.96.